The molecule has 5 atom stereocenters. The van der Waals surface area contributed by atoms with Crippen LogP contribution in [0.1, 0.15) is 109 Å². The van der Waals surface area contributed by atoms with E-state index in [0.717, 1.165) is 36.5 Å². The summed E-state index contributed by atoms with van der Waals surface area (Å²) < 4.78 is 0. The van der Waals surface area contributed by atoms with Crippen molar-refractivity contribution in [1.82, 2.24) is 0 Å². The molecule has 24 heavy (non-hydrogen) atoms. The Morgan fingerprint density at radius 3 is 1.21 bits per heavy atom. The van der Waals surface area contributed by atoms with Gasteiger partial charge in [-0.1, -0.05) is 88.0 Å². The van der Waals surface area contributed by atoms with Crippen LogP contribution < -0.4 is 29.6 Å². The first-order valence-electron chi connectivity index (χ1n) is 10.5. The normalized spacial score (nSPS) is 19.2. The predicted molar refractivity (Wildman–Crippen MR) is 108 cm³/mol. The van der Waals surface area contributed by atoms with E-state index >= 15 is 0 Å². The Hall–Kier alpha value is 0.960. The number of aliphatic hydroxyl groups excluding tert-OH is 1. The largest absolute Gasteiger partial charge is 1.00 e. The van der Waals surface area contributed by atoms with Crippen LogP contribution in [-0.2, 0) is 0 Å². The quantitative estimate of drug-likeness (QED) is 0.640. The van der Waals surface area contributed by atoms with Gasteiger partial charge in [0.15, 0.2) is 0 Å². The number of hydrogen-bond acceptors (Lipinski definition) is 1. The zero-order valence-corrected chi connectivity index (χ0v) is 20.9. The van der Waals surface area contributed by atoms with Crippen LogP contribution in [0.15, 0.2) is 0 Å². The van der Waals surface area contributed by atoms with Gasteiger partial charge in [0.05, 0.1) is 6.10 Å². The Balaban J connectivity index is -0.000000127. The second kappa shape index (κ2) is 18.7. The Bertz CT molecular complexity index is 214. The van der Waals surface area contributed by atoms with E-state index in [1.54, 1.807) is 0 Å². The third kappa shape index (κ3) is 16.4. The fourth-order valence-corrected chi connectivity index (χ4v) is 2.48. The summed E-state index contributed by atoms with van der Waals surface area (Å²) in [7, 11) is 0. The molecule has 0 amide bonds. The minimum atomic E-state index is -0.0833. The molecule has 1 rings (SSSR count). The van der Waals surface area contributed by atoms with Gasteiger partial charge in [0.2, 0.25) is 0 Å². The summed E-state index contributed by atoms with van der Waals surface area (Å²) in [6, 6.07) is 0. The zero-order valence-electron chi connectivity index (χ0n) is 19.9. The second-order valence-corrected chi connectivity index (χ2v) is 7.86. The number of rotatable bonds is 8. The first-order chi connectivity index (χ1) is 10.8. The van der Waals surface area contributed by atoms with Gasteiger partial charge < -0.3 is 6.53 Å². The first kappa shape index (κ1) is 29.7. The molecule has 0 aromatic rings. The van der Waals surface area contributed by atoms with Crippen molar-refractivity contribution in [2.24, 2.45) is 29.6 Å². The van der Waals surface area contributed by atoms with E-state index in [2.05, 4.69) is 55.4 Å². The first-order valence-corrected chi connectivity index (χ1v) is 10.5. The van der Waals surface area contributed by atoms with Crippen molar-refractivity contribution in [2.75, 3.05) is 0 Å². The topological polar surface area (TPSA) is 20.2 Å². The maximum absolute atomic E-state index is 9.13. The van der Waals surface area contributed by atoms with Crippen molar-refractivity contribution in [3.63, 3.8) is 0 Å². The van der Waals surface area contributed by atoms with Gasteiger partial charge in [-0.3, -0.25) is 0 Å². The van der Waals surface area contributed by atoms with E-state index in [1.807, 2.05) is 6.92 Å². The van der Waals surface area contributed by atoms with Crippen molar-refractivity contribution in [3.05, 3.63) is 0 Å². The molecule has 0 unspecified atom stereocenters. The van der Waals surface area contributed by atoms with Crippen molar-refractivity contribution in [3.8, 4) is 0 Å². The summed E-state index contributed by atoms with van der Waals surface area (Å²) in [5, 5.41) is 9.13. The van der Waals surface area contributed by atoms with Crippen molar-refractivity contribution < 1.29 is 36.1 Å². The molecule has 1 aliphatic carbocycles. The van der Waals surface area contributed by atoms with Crippen LogP contribution in [0.2, 0.25) is 0 Å². The van der Waals surface area contributed by atoms with Crippen LogP contribution in [0, 0.1) is 29.6 Å². The van der Waals surface area contributed by atoms with Crippen molar-refractivity contribution >= 4 is 0 Å². The Labute approximate surface area is 178 Å². The summed E-state index contributed by atoms with van der Waals surface area (Å²) in [5.74, 6) is 4.44. The van der Waals surface area contributed by atoms with Crippen LogP contribution >= 0.6 is 0 Å². The fraction of sp³-hybridized carbons (Fsp3) is 1.00. The van der Waals surface area contributed by atoms with Gasteiger partial charge in [0.1, 0.15) is 0 Å². The van der Waals surface area contributed by atoms with Gasteiger partial charge in [-0.25, -0.2) is 0 Å². The Kier molecular flexibility index (Phi) is 23.2. The van der Waals surface area contributed by atoms with E-state index in [0.29, 0.717) is 5.92 Å². The minimum Gasteiger partial charge on any atom is -1.00 e. The van der Waals surface area contributed by atoms with Gasteiger partial charge in [0.25, 0.3) is 0 Å². The van der Waals surface area contributed by atoms with Crippen molar-refractivity contribution in [1.29, 1.82) is 0 Å². The zero-order chi connectivity index (χ0) is 18.4. The molecule has 1 aliphatic rings. The molecule has 0 saturated heterocycles. The molecule has 0 aromatic heterocycles. The van der Waals surface area contributed by atoms with Crippen LogP contribution in [0.3, 0.4) is 0 Å². The molecule has 1 nitrogen and oxygen atoms in total. The second-order valence-electron chi connectivity index (χ2n) is 7.86. The molecular formula is C22H49NaO. The third-order valence-electron chi connectivity index (χ3n) is 6.05. The molecular weight excluding hydrogens is 303 g/mol. The van der Waals surface area contributed by atoms with Crippen LogP contribution in [0.4, 0.5) is 0 Å². The maximum Gasteiger partial charge on any atom is 1.00 e. The average molecular weight is 353 g/mol. The van der Waals surface area contributed by atoms with Crippen molar-refractivity contribution in [2.45, 2.75) is 113 Å². The average Bonchev–Trinajstić information content (AvgIpc) is 3.44. The Morgan fingerprint density at radius 2 is 1.08 bits per heavy atom. The van der Waals surface area contributed by atoms with Gasteiger partial charge >= 0.3 is 29.6 Å². The fourth-order valence-electron chi connectivity index (χ4n) is 2.48. The van der Waals surface area contributed by atoms with E-state index < -0.39 is 0 Å². The molecule has 1 N–H and O–H groups in total. The van der Waals surface area contributed by atoms with E-state index in [-0.39, 0.29) is 37.1 Å². The molecule has 0 heterocycles. The van der Waals surface area contributed by atoms with Crippen LogP contribution in [0.25, 0.3) is 0 Å². The standard InChI is InChI=1S/C8H18.C7H16O.C7H14.Na.H/c1-5-7(3)8(4)6-2;1-4-6(3)7(8)5-2;1-3-6(2)7-4-5-7;;/h7-8H,5-6H2,1-4H3;6-8H,4-5H2,1-3H3;6-7H,3-5H2,1-2H3;;/q;;;+1;-1/t7-,8+;6-,7+;6-;;/m.01../s1. The molecule has 144 valence electrons. The molecule has 0 bridgehead atoms. The van der Waals surface area contributed by atoms with Gasteiger partial charge in [-0.15, -0.1) is 0 Å². The molecule has 0 spiro atoms. The summed E-state index contributed by atoms with van der Waals surface area (Å²) in [6.45, 7) is 20.0. The third-order valence-corrected chi connectivity index (χ3v) is 6.05. The number of hydrogen-bond donors (Lipinski definition) is 1. The predicted octanol–water partition coefficient (Wildman–Crippen LogP) is 4.44. The smallest absolute Gasteiger partial charge is 1.00 e. The van der Waals surface area contributed by atoms with E-state index in [4.69, 9.17) is 5.11 Å². The molecule has 0 aliphatic heterocycles. The molecule has 1 fully saturated rings. The molecule has 2 heteroatoms. The maximum atomic E-state index is 9.13. The molecule has 1 saturated carbocycles. The summed E-state index contributed by atoms with van der Waals surface area (Å²) in [6.07, 6.45) is 8.93. The van der Waals surface area contributed by atoms with Gasteiger partial charge in [-0.2, -0.15) is 0 Å². The molecule has 0 aromatic carbocycles. The molecule has 0 radical (unpaired) electrons. The SMILES string of the molecule is CC[C@@H](C)C1CC1.CC[C@@H](C)[C@@H](C)CC.CC[C@@H](O)[C@@H](C)CC.[H-].[Na+]. The Morgan fingerprint density at radius 1 is 0.708 bits per heavy atom. The van der Waals surface area contributed by atoms with Gasteiger partial charge in [-0.05, 0) is 48.9 Å². The van der Waals surface area contributed by atoms with Crippen LogP contribution in [-0.4, -0.2) is 11.2 Å². The number of aliphatic hydroxyl groups is 1. The summed E-state index contributed by atoms with van der Waals surface area (Å²) in [4.78, 5) is 0. The summed E-state index contributed by atoms with van der Waals surface area (Å²) in [5.41, 5.74) is 0. The van der Waals surface area contributed by atoms with Gasteiger partial charge in [0, 0.05) is 0 Å². The minimum absolute atomic E-state index is 0. The van der Waals surface area contributed by atoms with Crippen LogP contribution in [0.5, 0.6) is 0 Å². The van der Waals surface area contributed by atoms with E-state index in [9.17, 15) is 0 Å². The summed E-state index contributed by atoms with van der Waals surface area (Å²) >= 11 is 0. The van der Waals surface area contributed by atoms with E-state index in [1.165, 1.54) is 32.1 Å². The monoisotopic (exact) mass is 352 g/mol.